The molecule has 0 amide bonds. The van der Waals surface area contributed by atoms with Crippen LogP contribution in [0.1, 0.15) is 5.56 Å². The SMILES string of the molecule is Cc1cccc(NC(CN)C(=O)O)c1Br. The van der Waals surface area contributed by atoms with Gasteiger partial charge in [0, 0.05) is 16.7 Å². The van der Waals surface area contributed by atoms with Crippen molar-refractivity contribution in [3.8, 4) is 0 Å². The lowest BCUT2D eigenvalue weighted by atomic mass is 10.2. The normalized spacial score (nSPS) is 12.2. The number of nitrogens with one attached hydrogen (secondary N) is 1. The average Bonchev–Trinajstić information content (AvgIpc) is 2.19. The van der Waals surface area contributed by atoms with Crippen molar-refractivity contribution in [2.24, 2.45) is 5.73 Å². The van der Waals surface area contributed by atoms with Gasteiger partial charge in [-0.15, -0.1) is 0 Å². The highest BCUT2D eigenvalue weighted by Gasteiger charge is 2.16. The molecule has 0 aliphatic heterocycles. The van der Waals surface area contributed by atoms with E-state index in [0.717, 1.165) is 15.7 Å². The molecule has 0 fully saturated rings. The first-order chi connectivity index (χ1) is 7.06. The largest absolute Gasteiger partial charge is 0.480 e. The monoisotopic (exact) mass is 272 g/mol. The van der Waals surface area contributed by atoms with E-state index in [9.17, 15) is 4.79 Å². The van der Waals surface area contributed by atoms with E-state index in [0.29, 0.717) is 0 Å². The third-order valence-corrected chi connectivity index (χ3v) is 3.11. The number of aliphatic carboxylic acids is 1. The lowest BCUT2D eigenvalue weighted by Gasteiger charge is -2.15. The number of hydrogen-bond acceptors (Lipinski definition) is 3. The molecular weight excluding hydrogens is 260 g/mol. The Balaban J connectivity index is 2.88. The summed E-state index contributed by atoms with van der Waals surface area (Å²) in [5.41, 5.74) is 7.14. The molecule has 1 unspecified atom stereocenters. The highest BCUT2D eigenvalue weighted by atomic mass is 79.9. The number of carboxylic acid groups (broad SMARTS) is 1. The summed E-state index contributed by atoms with van der Waals surface area (Å²) >= 11 is 3.39. The van der Waals surface area contributed by atoms with Crippen LogP contribution in [0.2, 0.25) is 0 Å². The van der Waals surface area contributed by atoms with Crippen molar-refractivity contribution in [1.82, 2.24) is 0 Å². The van der Waals surface area contributed by atoms with Gasteiger partial charge in [-0.1, -0.05) is 12.1 Å². The number of nitrogens with two attached hydrogens (primary N) is 1. The number of benzene rings is 1. The molecule has 15 heavy (non-hydrogen) atoms. The average molecular weight is 273 g/mol. The predicted molar refractivity (Wildman–Crippen MR) is 63.0 cm³/mol. The molecule has 0 heterocycles. The van der Waals surface area contributed by atoms with Gasteiger partial charge in [-0.3, -0.25) is 0 Å². The summed E-state index contributed by atoms with van der Waals surface area (Å²) in [7, 11) is 0. The number of halogens is 1. The summed E-state index contributed by atoms with van der Waals surface area (Å²) in [5.74, 6) is -0.953. The van der Waals surface area contributed by atoms with Gasteiger partial charge in [-0.05, 0) is 34.5 Å². The molecule has 1 atom stereocenters. The third kappa shape index (κ3) is 2.94. The Kier molecular flexibility index (Phi) is 4.11. The van der Waals surface area contributed by atoms with Crippen LogP contribution in [-0.2, 0) is 4.79 Å². The second-order valence-corrected chi connectivity index (χ2v) is 4.00. The molecule has 82 valence electrons. The van der Waals surface area contributed by atoms with Crippen molar-refractivity contribution < 1.29 is 9.90 Å². The van der Waals surface area contributed by atoms with E-state index in [-0.39, 0.29) is 6.54 Å². The standard InChI is InChI=1S/C10H13BrN2O2/c1-6-3-2-4-7(9(6)11)13-8(5-12)10(14)15/h2-4,8,13H,5,12H2,1H3,(H,14,15). The zero-order valence-corrected chi connectivity index (χ0v) is 9.91. The number of hydrogen-bond donors (Lipinski definition) is 3. The van der Waals surface area contributed by atoms with Crippen LogP contribution in [0.4, 0.5) is 5.69 Å². The van der Waals surface area contributed by atoms with Gasteiger partial charge < -0.3 is 16.2 Å². The molecule has 1 rings (SSSR count). The Morgan fingerprint density at radius 3 is 2.87 bits per heavy atom. The number of carbonyl (C=O) groups is 1. The number of aryl methyl sites for hydroxylation is 1. The van der Waals surface area contributed by atoms with Gasteiger partial charge in [0.1, 0.15) is 6.04 Å². The Hall–Kier alpha value is -1.07. The molecule has 5 heteroatoms. The van der Waals surface area contributed by atoms with Crippen molar-refractivity contribution in [2.75, 3.05) is 11.9 Å². The first kappa shape index (κ1) is 12.0. The van der Waals surface area contributed by atoms with Crippen molar-refractivity contribution in [1.29, 1.82) is 0 Å². The molecule has 0 spiro atoms. The minimum absolute atomic E-state index is 0.0513. The van der Waals surface area contributed by atoms with E-state index in [1.165, 1.54) is 0 Å². The van der Waals surface area contributed by atoms with Gasteiger partial charge in [-0.25, -0.2) is 4.79 Å². The summed E-state index contributed by atoms with van der Waals surface area (Å²) < 4.78 is 0.865. The quantitative estimate of drug-likeness (QED) is 0.778. The molecule has 0 aliphatic carbocycles. The highest BCUT2D eigenvalue weighted by Crippen LogP contribution is 2.26. The maximum Gasteiger partial charge on any atom is 0.327 e. The van der Waals surface area contributed by atoms with Crippen LogP contribution in [0.5, 0.6) is 0 Å². The molecule has 4 nitrogen and oxygen atoms in total. The number of rotatable bonds is 4. The maximum absolute atomic E-state index is 10.8. The van der Waals surface area contributed by atoms with E-state index in [4.69, 9.17) is 10.8 Å². The Morgan fingerprint density at radius 1 is 1.67 bits per heavy atom. The van der Waals surface area contributed by atoms with Gasteiger partial charge in [0.05, 0.1) is 0 Å². The maximum atomic E-state index is 10.8. The lowest BCUT2D eigenvalue weighted by molar-refractivity contribution is -0.137. The minimum atomic E-state index is -0.953. The molecule has 1 aromatic carbocycles. The summed E-state index contributed by atoms with van der Waals surface area (Å²) in [6.07, 6.45) is 0. The first-order valence-corrected chi connectivity index (χ1v) is 5.30. The smallest absolute Gasteiger partial charge is 0.327 e. The van der Waals surface area contributed by atoms with Crippen molar-refractivity contribution in [3.63, 3.8) is 0 Å². The molecular formula is C10H13BrN2O2. The molecule has 0 bridgehead atoms. The summed E-state index contributed by atoms with van der Waals surface area (Å²) in [6.45, 7) is 1.99. The van der Waals surface area contributed by atoms with E-state index < -0.39 is 12.0 Å². The van der Waals surface area contributed by atoms with Gasteiger partial charge in [-0.2, -0.15) is 0 Å². The van der Waals surface area contributed by atoms with Gasteiger partial charge in [0.15, 0.2) is 0 Å². The molecule has 0 aliphatic rings. The van der Waals surface area contributed by atoms with E-state index in [1.54, 1.807) is 0 Å². The van der Waals surface area contributed by atoms with Crippen LogP contribution >= 0.6 is 15.9 Å². The van der Waals surface area contributed by atoms with E-state index >= 15 is 0 Å². The lowest BCUT2D eigenvalue weighted by Crippen LogP contribution is -2.36. The van der Waals surface area contributed by atoms with Crippen LogP contribution in [0, 0.1) is 6.92 Å². The summed E-state index contributed by atoms with van der Waals surface area (Å²) in [4.78, 5) is 10.8. The summed E-state index contributed by atoms with van der Waals surface area (Å²) in [5, 5.41) is 11.7. The fraction of sp³-hybridized carbons (Fsp3) is 0.300. The van der Waals surface area contributed by atoms with Crippen LogP contribution in [0.25, 0.3) is 0 Å². The molecule has 0 radical (unpaired) electrons. The van der Waals surface area contributed by atoms with Gasteiger partial charge >= 0.3 is 5.97 Å². The molecule has 4 N–H and O–H groups in total. The molecule has 1 aromatic rings. The topological polar surface area (TPSA) is 75.3 Å². The predicted octanol–water partition coefficient (Wildman–Crippen LogP) is 1.58. The zero-order chi connectivity index (χ0) is 11.4. The van der Waals surface area contributed by atoms with Crippen LogP contribution < -0.4 is 11.1 Å². The summed E-state index contributed by atoms with van der Waals surface area (Å²) in [6, 6.07) is 4.84. The molecule has 0 saturated heterocycles. The second-order valence-electron chi connectivity index (χ2n) is 3.21. The Bertz CT molecular complexity index is 368. The minimum Gasteiger partial charge on any atom is -0.480 e. The molecule has 0 saturated carbocycles. The van der Waals surface area contributed by atoms with Crippen LogP contribution in [0.3, 0.4) is 0 Å². The second kappa shape index (κ2) is 5.14. The highest BCUT2D eigenvalue weighted by molar-refractivity contribution is 9.10. The van der Waals surface area contributed by atoms with Crippen LogP contribution in [0.15, 0.2) is 22.7 Å². The zero-order valence-electron chi connectivity index (χ0n) is 8.33. The van der Waals surface area contributed by atoms with Gasteiger partial charge in [0.25, 0.3) is 0 Å². The van der Waals surface area contributed by atoms with Crippen molar-refractivity contribution in [3.05, 3.63) is 28.2 Å². The van der Waals surface area contributed by atoms with Gasteiger partial charge in [0.2, 0.25) is 0 Å². The fourth-order valence-corrected chi connectivity index (χ4v) is 1.55. The Labute approximate surface area is 96.6 Å². The fourth-order valence-electron chi connectivity index (χ4n) is 1.17. The van der Waals surface area contributed by atoms with Crippen molar-refractivity contribution in [2.45, 2.75) is 13.0 Å². The van der Waals surface area contributed by atoms with Crippen molar-refractivity contribution >= 4 is 27.6 Å². The van der Waals surface area contributed by atoms with Crippen LogP contribution in [-0.4, -0.2) is 23.7 Å². The number of anilines is 1. The Morgan fingerprint density at radius 2 is 2.33 bits per heavy atom. The third-order valence-electron chi connectivity index (χ3n) is 2.06. The van der Waals surface area contributed by atoms with E-state index in [2.05, 4.69) is 21.2 Å². The first-order valence-electron chi connectivity index (χ1n) is 4.50. The van der Waals surface area contributed by atoms with E-state index in [1.807, 2.05) is 25.1 Å². The molecule has 0 aromatic heterocycles. The number of carboxylic acids is 1.